The number of phenolic OH excluding ortho intramolecular Hbond substituents is 1. The maximum Gasteiger partial charge on any atom is 0.324 e. The first-order valence-corrected chi connectivity index (χ1v) is 10.9. The van der Waals surface area contributed by atoms with Crippen molar-refractivity contribution >= 4 is 26.8 Å². The topological polar surface area (TPSA) is 104 Å². The summed E-state index contributed by atoms with van der Waals surface area (Å²) in [5, 5.41) is 21.4. The van der Waals surface area contributed by atoms with Gasteiger partial charge < -0.3 is 14.9 Å². The van der Waals surface area contributed by atoms with Gasteiger partial charge in [-0.25, -0.2) is 8.42 Å². The number of benzene rings is 3. The highest BCUT2D eigenvalue weighted by molar-refractivity contribution is 7.89. The van der Waals surface area contributed by atoms with Crippen LogP contribution in [0.3, 0.4) is 0 Å². The Hall–Kier alpha value is -2.94. The number of sulfonamides is 1. The van der Waals surface area contributed by atoms with Crippen LogP contribution in [0.15, 0.2) is 71.6 Å². The van der Waals surface area contributed by atoms with Gasteiger partial charge in [0.1, 0.15) is 18.4 Å². The average molecular weight is 427 g/mol. The zero-order chi connectivity index (χ0) is 21.3. The minimum absolute atomic E-state index is 0.0108. The van der Waals surface area contributed by atoms with Gasteiger partial charge in [0, 0.05) is 24.4 Å². The van der Waals surface area contributed by atoms with Crippen molar-refractivity contribution in [3.63, 3.8) is 0 Å². The monoisotopic (exact) mass is 427 g/mol. The highest BCUT2D eigenvalue weighted by Crippen LogP contribution is 2.33. The van der Waals surface area contributed by atoms with E-state index in [0.717, 1.165) is 15.9 Å². The lowest BCUT2D eigenvalue weighted by atomic mass is 10.1. The van der Waals surface area contributed by atoms with Crippen molar-refractivity contribution in [3.05, 3.63) is 72.3 Å². The van der Waals surface area contributed by atoms with E-state index in [1.807, 2.05) is 18.2 Å². The van der Waals surface area contributed by atoms with Gasteiger partial charge in [-0.3, -0.25) is 4.79 Å². The number of rotatable bonds is 5. The molecule has 0 radical (unpaired) electrons. The summed E-state index contributed by atoms with van der Waals surface area (Å²) in [5.74, 6) is -0.890. The second-order valence-electron chi connectivity index (χ2n) is 7.24. The highest BCUT2D eigenvalue weighted by atomic mass is 32.2. The second-order valence-corrected chi connectivity index (χ2v) is 9.13. The van der Waals surface area contributed by atoms with Gasteiger partial charge in [-0.1, -0.05) is 54.6 Å². The number of fused-ring (bicyclic) bond motifs is 1. The minimum Gasteiger partial charge on any atom is -0.507 e. The molecule has 0 bridgehead atoms. The summed E-state index contributed by atoms with van der Waals surface area (Å²) >= 11 is 0. The van der Waals surface area contributed by atoms with Gasteiger partial charge in [0.15, 0.2) is 0 Å². The van der Waals surface area contributed by atoms with Crippen molar-refractivity contribution < 1.29 is 28.2 Å². The Labute approximate surface area is 174 Å². The Kier molecular flexibility index (Phi) is 5.46. The average Bonchev–Trinajstić information content (AvgIpc) is 3.15. The van der Waals surface area contributed by atoms with Crippen LogP contribution in [0.5, 0.6) is 5.75 Å². The van der Waals surface area contributed by atoms with Crippen LogP contribution >= 0.6 is 0 Å². The fourth-order valence-electron chi connectivity index (χ4n) is 3.64. The lowest BCUT2D eigenvalue weighted by Crippen LogP contribution is -2.41. The van der Waals surface area contributed by atoms with Crippen molar-refractivity contribution in [1.82, 2.24) is 4.31 Å². The van der Waals surface area contributed by atoms with Crippen LogP contribution in [0.1, 0.15) is 12.0 Å². The summed E-state index contributed by atoms with van der Waals surface area (Å²) in [7, 11) is -4.15. The van der Waals surface area contributed by atoms with Crippen LogP contribution in [0.2, 0.25) is 0 Å². The number of ether oxygens (including phenoxy) is 1. The molecule has 8 heteroatoms. The fraction of sp³-hybridized carbons (Fsp3) is 0.227. The van der Waals surface area contributed by atoms with E-state index < -0.39 is 28.1 Å². The summed E-state index contributed by atoms with van der Waals surface area (Å²) < 4.78 is 32.8. The van der Waals surface area contributed by atoms with Crippen molar-refractivity contribution in [1.29, 1.82) is 0 Å². The molecule has 7 nitrogen and oxygen atoms in total. The van der Waals surface area contributed by atoms with E-state index in [2.05, 4.69) is 0 Å². The lowest BCUT2D eigenvalue weighted by molar-refractivity contribution is -0.148. The molecule has 3 aromatic rings. The van der Waals surface area contributed by atoms with Crippen molar-refractivity contribution in [2.75, 3.05) is 6.54 Å². The number of carbonyl (C=O) groups excluding carboxylic acids is 1. The van der Waals surface area contributed by atoms with E-state index in [-0.39, 0.29) is 30.2 Å². The molecule has 1 saturated heterocycles. The van der Waals surface area contributed by atoms with Gasteiger partial charge >= 0.3 is 5.97 Å². The van der Waals surface area contributed by atoms with Crippen LogP contribution in [-0.4, -0.2) is 47.6 Å². The number of nitrogens with zero attached hydrogens (tertiary/aromatic N) is 1. The smallest absolute Gasteiger partial charge is 0.324 e. The molecular formula is C22H21NO6S. The molecule has 4 rings (SSSR count). The number of phenols is 1. The van der Waals surface area contributed by atoms with E-state index in [4.69, 9.17) is 4.74 Å². The number of hydrogen-bond donors (Lipinski definition) is 2. The van der Waals surface area contributed by atoms with Crippen LogP contribution in [-0.2, 0) is 26.2 Å². The van der Waals surface area contributed by atoms with Gasteiger partial charge in [-0.15, -0.1) is 0 Å². The SMILES string of the molecule is O=C(OCc1ccccc1)[C@@H]1CC(O)CN1S(=O)(=O)c1cc(O)c2ccccc2c1. The van der Waals surface area contributed by atoms with Crippen molar-refractivity contribution in [3.8, 4) is 5.75 Å². The zero-order valence-corrected chi connectivity index (χ0v) is 16.8. The summed E-state index contributed by atoms with van der Waals surface area (Å²) in [4.78, 5) is 12.5. The van der Waals surface area contributed by atoms with Gasteiger partial charge in [-0.2, -0.15) is 4.31 Å². The first-order valence-electron chi connectivity index (χ1n) is 9.48. The number of hydrogen-bond acceptors (Lipinski definition) is 6. The molecule has 0 saturated carbocycles. The third-order valence-electron chi connectivity index (χ3n) is 5.15. The minimum atomic E-state index is -4.15. The van der Waals surface area contributed by atoms with E-state index in [1.54, 1.807) is 36.4 Å². The normalized spacial score (nSPS) is 19.8. The van der Waals surface area contributed by atoms with E-state index in [0.29, 0.717) is 10.8 Å². The number of aliphatic hydroxyl groups is 1. The molecule has 0 aliphatic carbocycles. The maximum atomic E-state index is 13.3. The van der Waals surface area contributed by atoms with E-state index >= 15 is 0 Å². The van der Waals surface area contributed by atoms with Gasteiger partial charge in [0.2, 0.25) is 10.0 Å². The number of aromatic hydroxyl groups is 1. The van der Waals surface area contributed by atoms with Crippen LogP contribution in [0.25, 0.3) is 10.8 Å². The second kappa shape index (κ2) is 8.06. The predicted octanol–water partition coefficient (Wildman–Crippen LogP) is 2.41. The first-order chi connectivity index (χ1) is 14.4. The highest BCUT2D eigenvalue weighted by Gasteiger charge is 2.44. The molecule has 0 spiro atoms. The fourth-order valence-corrected chi connectivity index (χ4v) is 5.32. The molecule has 2 N–H and O–H groups in total. The molecule has 30 heavy (non-hydrogen) atoms. The Morgan fingerprint density at radius 2 is 1.77 bits per heavy atom. The number of carbonyl (C=O) groups is 1. The van der Waals surface area contributed by atoms with Crippen LogP contribution < -0.4 is 0 Å². The molecule has 156 valence electrons. The predicted molar refractivity (Wildman–Crippen MR) is 110 cm³/mol. The van der Waals surface area contributed by atoms with Gasteiger partial charge in [0.25, 0.3) is 0 Å². The zero-order valence-electron chi connectivity index (χ0n) is 16.0. The Bertz CT molecular complexity index is 1180. The Balaban J connectivity index is 1.61. The summed E-state index contributed by atoms with van der Waals surface area (Å²) in [6.07, 6.45) is -1.03. The van der Waals surface area contributed by atoms with Gasteiger partial charge in [-0.05, 0) is 17.0 Å². The molecule has 1 fully saturated rings. The molecule has 1 unspecified atom stereocenters. The van der Waals surface area contributed by atoms with Crippen molar-refractivity contribution in [2.45, 2.75) is 30.1 Å². The summed E-state index contributed by atoms with van der Waals surface area (Å²) in [5.41, 5.74) is 0.776. The quantitative estimate of drug-likeness (QED) is 0.606. The summed E-state index contributed by atoms with van der Waals surface area (Å²) in [6.45, 7) is -0.210. The Morgan fingerprint density at radius 3 is 2.53 bits per heavy atom. The molecule has 2 atom stereocenters. The molecular weight excluding hydrogens is 406 g/mol. The number of aliphatic hydroxyl groups excluding tert-OH is 1. The molecule has 1 heterocycles. The Morgan fingerprint density at radius 1 is 1.07 bits per heavy atom. The van der Waals surface area contributed by atoms with Gasteiger partial charge in [0.05, 0.1) is 11.0 Å². The largest absolute Gasteiger partial charge is 0.507 e. The number of β-amino-alcohol motifs (C(OH)–C–C–N with tert-alkyl or cyclic N) is 1. The molecule has 1 aliphatic heterocycles. The molecule has 0 amide bonds. The first kappa shape index (κ1) is 20.3. The molecule has 1 aliphatic rings. The van der Waals surface area contributed by atoms with Crippen LogP contribution in [0.4, 0.5) is 0 Å². The maximum absolute atomic E-state index is 13.3. The lowest BCUT2D eigenvalue weighted by Gasteiger charge is -2.23. The molecule has 0 aromatic heterocycles. The third kappa shape index (κ3) is 3.89. The van der Waals surface area contributed by atoms with E-state index in [1.165, 1.54) is 6.07 Å². The number of esters is 1. The third-order valence-corrected chi connectivity index (χ3v) is 7.00. The van der Waals surface area contributed by atoms with Crippen molar-refractivity contribution in [2.24, 2.45) is 0 Å². The standard InChI is InChI=1S/C22H21NO6S/c24-17-11-20(22(26)29-14-15-6-2-1-3-7-15)23(13-17)30(27,28)18-10-16-8-4-5-9-19(16)21(25)12-18/h1-10,12,17,20,24-25H,11,13-14H2/t17?,20-/m0/s1. The van der Waals surface area contributed by atoms with E-state index in [9.17, 15) is 23.4 Å². The van der Waals surface area contributed by atoms with Crippen LogP contribution in [0, 0.1) is 0 Å². The molecule has 3 aromatic carbocycles. The summed E-state index contributed by atoms with van der Waals surface area (Å²) in [6, 6.07) is 17.4.